The van der Waals surface area contributed by atoms with Gasteiger partial charge < -0.3 is 5.32 Å². The average Bonchev–Trinajstić information content (AvgIpc) is 3.53. The van der Waals surface area contributed by atoms with Crippen molar-refractivity contribution >= 4 is 43.4 Å². The van der Waals surface area contributed by atoms with E-state index in [0.29, 0.717) is 28.9 Å². The van der Waals surface area contributed by atoms with Crippen LogP contribution in [0.15, 0.2) is 53.4 Å². The molecule has 2 aromatic rings. The van der Waals surface area contributed by atoms with E-state index in [2.05, 4.69) is 14.8 Å². The van der Waals surface area contributed by atoms with Crippen molar-refractivity contribution in [2.45, 2.75) is 44.0 Å². The molecule has 0 aliphatic heterocycles. The van der Waals surface area contributed by atoms with Crippen LogP contribution in [0.25, 0.3) is 6.08 Å². The summed E-state index contributed by atoms with van der Waals surface area (Å²) < 4.78 is 53.7. The molecular formula is C22H27N3O5S2. The molecule has 172 valence electrons. The lowest BCUT2D eigenvalue weighted by molar-refractivity contribution is -0.111. The van der Waals surface area contributed by atoms with Gasteiger partial charge in [-0.05, 0) is 67.7 Å². The molecule has 10 heteroatoms. The molecule has 1 amide bonds. The van der Waals surface area contributed by atoms with Crippen molar-refractivity contribution < 1.29 is 21.6 Å². The quantitative estimate of drug-likeness (QED) is 0.454. The molecule has 0 radical (unpaired) electrons. The molecule has 1 fully saturated rings. The lowest BCUT2D eigenvalue weighted by atomic mass is 10.1. The van der Waals surface area contributed by atoms with E-state index in [4.69, 9.17) is 0 Å². The van der Waals surface area contributed by atoms with E-state index in [1.165, 1.54) is 18.2 Å². The normalized spacial score (nSPS) is 14.4. The van der Waals surface area contributed by atoms with E-state index in [1.54, 1.807) is 50.3 Å². The Morgan fingerprint density at radius 2 is 1.69 bits per heavy atom. The van der Waals surface area contributed by atoms with Gasteiger partial charge in [-0.1, -0.05) is 25.1 Å². The van der Waals surface area contributed by atoms with Gasteiger partial charge in [0, 0.05) is 17.8 Å². The monoisotopic (exact) mass is 477 g/mol. The minimum atomic E-state index is -3.51. The number of sulfonamides is 2. The van der Waals surface area contributed by atoms with Crippen molar-refractivity contribution in [2.75, 3.05) is 15.8 Å². The first kappa shape index (κ1) is 24.0. The predicted molar refractivity (Wildman–Crippen MR) is 126 cm³/mol. The van der Waals surface area contributed by atoms with Crippen LogP contribution in [0, 0.1) is 6.92 Å². The van der Waals surface area contributed by atoms with Gasteiger partial charge in [0.2, 0.25) is 26.0 Å². The summed E-state index contributed by atoms with van der Waals surface area (Å²) in [5.74, 6) is -0.378. The number of anilines is 2. The fourth-order valence-electron chi connectivity index (χ4n) is 2.96. The van der Waals surface area contributed by atoms with Crippen LogP contribution >= 0.6 is 0 Å². The van der Waals surface area contributed by atoms with Gasteiger partial charge in [0.1, 0.15) is 0 Å². The van der Waals surface area contributed by atoms with Crippen molar-refractivity contribution in [1.82, 2.24) is 4.72 Å². The lowest BCUT2D eigenvalue weighted by Gasteiger charge is -2.13. The fourth-order valence-corrected chi connectivity index (χ4v) is 5.46. The number of carbonyl (C=O) groups is 1. The molecule has 32 heavy (non-hydrogen) atoms. The number of rotatable bonds is 10. The van der Waals surface area contributed by atoms with Crippen LogP contribution in [0.4, 0.5) is 11.4 Å². The van der Waals surface area contributed by atoms with Crippen LogP contribution in [0.3, 0.4) is 0 Å². The second kappa shape index (κ2) is 9.85. The SMILES string of the molecule is CCCS(=O)(=O)Nc1cccc(NC(=O)/C=C/c2ccc(S(=O)(=O)NC3CC3)cc2)c1C. The summed E-state index contributed by atoms with van der Waals surface area (Å²) in [6.07, 6.45) is 5.13. The van der Waals surface area contributed by atoms with Gasteiger partial charge in [-0.15, -0.1) is 0 Å². The van der Waals surface area contributed by atoms with Gasteiger partial charge in [-0.2, -0.15) is 0 Å². The molecule has 2 aromatic carbocycles. The maximum absolute atomic E-state index is 12.3. The van der Waals surface area contributed by atoms with E-state index >= 15 is 0 Å². The van der Waals surface area contributed by atoms with Crippen LogP contribution in [0.5, 0.6) is 0 Å². The summed E-state index contributed by atoms with van der Waals surface area (Å²) in [5, 5.41) is 2.74. The molecular weight excluding hydrogens is 450 g/mol. The molecule has 8 nitrogen and oxygen atoms in total. The van der Waals surface area contributed by atoms with Gasteiger partial charge in [0.15, 0.2) is 0 Å². The summed E-state index contributed by atoms with van der Waals surface area (Å²) in [6.45, 7) is 3.50. The molecule has 1 saturated carbocycles. The standard InChI is InChI=1S/C22H27N3O5S2/c1-3-15-31(27,28)25-21-6-4-5-20(16(21)2)23-22(26)14-9-17-7-12-19(13-8-17)32(29,30)24-18-10-11-18/h4-9,12-14,18,24-25H,3,10-11,15H2,1-2H3,(H,23,26)/b14-9+. The van der Waals surface area contributed by atoms with Crippen molar-refractivity contribution in [3.05, 3.63) is 59.7 Å². The molecule has 3 rings (SSSR count). The summed E-state index contributed by atoms with van der Waals surface area (Å²) >= 11 is 0. The zero-order valence-corrected chi connectivity index (χ0v) is 19.6. The summed E-state index contributed by atoms with van der Waals surface area (Å²) in [6, 6.07) is 11.3. The molecule has 0 atom stereocenters. The van der Waals surface area contributed by atoms with Crippen LogP contribution < -0.4 is 14.8 Å². The van der Waals surface area contributed by atoms with Crippen LogP contribution in [0.1, 0.15) is 37.3 Å². The molecule has 0 bridgehead atoms. The second-order valence-electron chi connectivity index (χ2n) is 7.69. The van der Waals surface area contributed by atoms with Gasteiger partial charge in [-0.3, -0.25) is 9.52 Å². The molecule has 0 aromatic heterocycles. The third-order valence-electron chi connectivity index (χ3n) is 4.85. The number of benzene rings is 2. The number of hydrogen-bond donors (Lipinski definition) is 3. The average molecular weight is 478 g/mol. The van der Waals surface area contributed by atoms with Gasteiger partial charge >= 0.3 is 0 Å². The zero-order chi connectivity index (χ0) is 23.4. The highest BCUT2D eigenvalue weighted by molar-refractivity contribution is 7.92. The Kier molecular flexibility index (Phi) is 7.37. The molecule has 1 aliphatic carbocycles. The Balaban J connectivity index is 1.65. The minimum absolute atomic E-state index is 0.0164. The fraction of sp³-hybridized carbons (Fsp3) is 0.318. The number of hydrogen-bond acceptors (Lipinski definition) is 5. The highest BCUT2D eigenvalue weighted by atomic mass is 32.2. The van der Waals surface area contributed by atoms with Gasteiger partial charge in [-0.25, -0.2) is 21.6 Å². The third kappa shape index (κ3) is 6.65. The first-order valence-corrected chi connectivity index (χ1v) is 13.4. The number of carbonyl (C=O) groups excluding carboxylic acids is 1. The van der Waals surface area contributed by atoms with Crippen molar-refractivity contribution in [2.24, 2.45) is 0 Å². The first-order valence-electron chi connectivity index (χ1n) is 10.3. The predicted octanol–water partition coefficient (Wildman–Crippen LogP) is 3.24. The number of amides is 1. The number of nitrogens with one attached hydrogen (secondary N) is 3. The third-order valence-corrected chi connectivity index (χ3v) is 7.86. The van der Waals surface area contributed by atoms with Crippen molar-refractivity contribution in [1.29, 1.82) is 0 Å². The smallest absolute Gasteiger partial charge is 0.248 e. The van der Waals surface area contributed by atoms with E-state index in [1.807, 2.05) is 0 Å². The van der Waals surface area contributed by atoms with E-state index in [-0.39, 0.29) is 16.7 Å². The van der Waals surface area contributed by atoms with Gasteiger partial charge in [0.05, 0.1) is 16.3 Å². The van der Waals surface area contributed by atoms with E-state index in [0.717, 1.165) is 12.8 Å². The van der Waals surface area contributed by atoms with Crippen molar-refractivity contribution in [3.63, 3.8) is 0 Å². The zero-order valence-electron chi connectivity index (χ0n) is 18.0. The Bertz CT molecular complexity index is 1220. The Morgan fingerprint density at radius 3 is 2.31 bits per heavy atom. The molecule has 0 heterocycles. The Morgan fingerprint density at radius 1 is 1.03 bits per heavy atom. The largest absolute Gasteiger partial charge is 0.322 e. The summed E-state index contributed by atoms with van der Waals surface area (Å²) in [4.78, 5) is 12.5. The highest BCUT2D eigenvalue weighted by Crippen LogP contribution is 2.25. The maximum Gasteiger partial charge on any atom is 0.248 e. The lowest BCUT2D eigenvalue weighted by Crippen LogP contribution is -2.25. The first-order chi connectivity index (χ1) is 15.1. The Hall–Kier alpha value is -2.69. The summed E-state index contributed by atoms with van der Waals surface area (Å²) in [7, 11) is -6.95. The molecule has 3 N–H and O–H groups in total. The topological polar surface area (TPSA) is 121 Å². The van der Waals surface area contributed by atoms with Crippen LogP contribution in [0.2, 0.25) is 0 Å². The molecule has 1 aliphatic rings. The van der Waals surface area contributed by atoms with Gasteiger partial charge in [0.25, 0.3) is 0 Å². The highest BCUT2D eigenvalue weighted by Gasteiger charge is 2.27. The van der Waals surface area contributed by atoms with E-state index in [9.17, 15) is 21.6 Å². The maximum atomic E-state index is 12.3. The van der Waals surface area contributed by atoms with Crippen molar-refractivity contribution in [3.8, 4) is 0 Å². The summed E-state index contributed by atoms with van der Waals surface area (Å²) in [5.41, 5.74) is 2.18. The van der Waals surface area contributed by atoms with Crippen LogP contribution in [-0.4, -0.2) is 34.5 Å². The Labute approximate surface area is 189 Å². The molecule has 0 saturated heterocycles. The van der Waals surface area contributed by atoms with Crippen LogP contribution in [-0.2, 0) is 24.8 Å². The molecule has 0 unspecified atom stereocenters. The van der Waals surface area contributed by atoms with E-state index < -0.39 is 26.0 Å². The minimum Gasteiger partial charge on any atom is -0.322 e. The second-order valence-corrected chi connectivity index (χ2v) is 11.2. The molecule has 0 spiro atoms.